The largest absolute Gasteiger partial charge is 0.493 e. The van der Waals surface area contributed by atoms with Crippen molar-refractivity contribution in [1.29, 1.82) is 0 Å². The van der Waals surface area contributed by atoms with Gasteiger partial charge in [0.2, 0.25) is 5.95 Å². The molecule has 0 bridgehead atoms. The van der Waals surface area contributed by atoms with Crippen molar-refractivity contribution in [3.8, 4) is 5.75 Å². The number of fused-ring (bicyclic) bond motifs is 1. The minimum absolute atomic E-state index is 0.229. The monoisotopic (exact) mass is 285 g/mol. The number of para-hydroxylation sites is 1. The van der Waals surface area contributed by atoms with Gasteiger partial charge < -0.3 is 15.4 Å². The van der Waals surface area contributed by atoms with E-state index >= 15 is 0 Å². The summed E-state index contributed by atoms with van der Waals surface area (Å²) in [6, 6.07) is 8.39. The molecular formula is C15H19N5O. The lowest BCUT2D eigenvalue weighted by Crippen LogP contribution is -2.27. The Bertz CT molecular complexity index is 640. The van der Waals surface area contributed by atoms with E-state index in [4.69, 9.17) is 15.5 Å². The summed E-state index contributed by atoms with van der Waals surface area (Å²) in [6.07, 6.45) is 1.93. The first kappa shape index (κ1) is 12.6. The Morgan fingerprint density at radius 3 is 3.05 bits per heavy atom. The van der Waals surface area contributed by atoms with Crippen LogP contribution in [0.25, 0.3) is 0 Å². The lowest BCUT2D eigenvalue weighted by molar-refractivity contribution is 0.274. The third-order valence-corrected chi connectivity index (χ3v) is 4.29. The number of rotatable bonds is 2. The van der Waals surface area contributed by atoms with Crippen LogP contribution in [-0.4, -0.2) is 40.9 Å². The van der Waals surface area contributed by atoms with E-state index in [9.17, 15) is 0 Å². The normalized spacial score (nSPS) is 24.7. The highest BCUT2D eigenvalue weighted by molar-refractivity contribution is 5.42. The van der Waals surface area contributed by atoms with Crippen LogP contribution in [0.1, 0.15) is 30.1 Å². The molecule has 110 valence electrons. The van der Waals surface area contributed by atoms with Crippen molar-refractivity contribution >= 4 is 5.95 Å². The number of aromatic nitrogens is 3. The fraction of sp³-hybridized carbons (Fsp3) is 0.467. The first-order chi connectivity index (χ1) is 10.3. The number of nitrogens with two attached hydrogens (primary N) is 1. The molecule has 0 aliphatic carbocycles. The number of benzene rings is 1. The quantitative estimate of drug-likeness (QED) is 0.868. The van der Waals surface area contributed by atoms with Crippen molar-refractivity contribution in [2.75, 3.05) is 24.6 Å². The SMILES string of the molecule is NC1CCN(c2n[nH]c(C3CCOc4ccccc43)n2)C1. The fourth-order valence-corrected chi connectivity index (χ4v) is 3.16. The van der Waals surface area contributed by atoms with Crippen LogP contribution in [0.3, 0.4) is 0 Å². The number of anilines is 1. The average Bonchev–Trinajstić information content (AvgIpc) is 3.15. The van der Waals surface area contributed by atoms with Crippen LogP contribution in [0.15, 0.2) is 24.3 Å². The van der Waals surface area contributed by atoms with E-state index in [0.717, 1.165) is 43.5 Å². The number of nitrogens with one attached hydrogen (secondary N) is 1. The van der Waals surface area contributed by atoms with Crippen molar-refractivity contribution in [2.45, 2.75) is 24.8 Å². The minimum Gasteiger partial charge on any atom is -0.493 e. The molecule has 3 heterocycles. The Morgan fingerprint density at radius 1 is 1.29 bits per heavy atom. The molecular weight excluding hydrogens is 266 g/mol. The Kier molecular flexibility index (Phi) is 3.03. The maximum absolute atomic E-state index is 5.95. The number of aromatic amines is 1. The molecule has 21 heavy (non-hydrogen) atoms. The number of hydrogen-bond acceptors (Lipinski definition) is 5. The molecule has 1 saturated heterocycles. The third kappa shape index (κ3) is 2.25. The topological polar surface area (TPSA) is 80.1 Å². The molecule has 0 spiro atoms. The molecule has 2 aliphatic heterocycles. The molecule has 0 amide bonds. The molecule has 6 nitrogen and oxygen atoms in total. The summed E-state index contributed by atoms with van der Waals surface area (Å²) >= 11 is 0. The fourth-order valence-electron chi connectivity index (χ4n) is 3.16. The van der Waals surface area contributed by atoms with E-state index in [1.165, 1.54) is 5.56 Å². The predicted molar refractivity (Wildman–Crippen MR) is 79.6 cm³/mol. The maximum Gasteiger partial charge on any atom is 0.244 e. The van der Waals surface area contributed by atoms with Crippen molar-refractivity contribution < 1.29 is 4.74 Å². The molecule has 0 saturated carbocycles. The molecule has 2 atom stereocenters. The molecule has 0 radical (unpaired) electrons. The van der Waals surface area contributed by atoms with Crippen molar-refractivity contribution in [1.82, 2.24) is 15.2 Å². The van der Waals surface area contributed by atoms with Gasteiger partial charge in [-0.25, -0.2) is 0 Å². The van der Waals surface area contributed by atoms with E-state index in [1.807, 2.05) is 18.2 Å². The number of nitrogens with zero attached hydrogens (tertiary/aromatic N) is 3. The highest BCUT2D eigenvalue weighted by Crippen LogP contribution is 2.36. The first-order valence-electron chi connectivity index (χ1n) is 7.46. The van der Waals surface area contributed by atoms with Gasteiger partial charge in [-0.05, 0) is 18.9 Å². The molecule has 3 N–H and O–H groups in total. The smallest absolute Gasteiger partial charge is 0.244 e. The number of ether oxygens (including phenoxy) is 1. The van der Waals surface area contributed by atoms with Crippen LogP contribution in [0.5, 0.6) is 5.75 Å². The molecule has 2 aromatic rings. The van der Waals surface area contributed by atoms with Gasteiger partial charge in [0.25, 0.3) is 0 Å². The molecule has 6 heteroatoms. The summed E-state index contributed by atoms with van der Waals surface area (Å²) in [7, 11) is 0. The number of hydrogen-bond donors (Lipinski definition) is 2. The van der Waals surface area contributed by atoms with Crippen LogP contribution >= 0.6 is 0 Å². The van der Waals surface area contributed by atoms with Crippen molar-refractivity contribution in [3.63, 3.8) is 0 Å². The molecule has 2 unspecified atom stereocenters. The summed E-state index contributed by atoms with van der Waals surface area (Å²) in [5.74, 6) is 2.87. The zero-order valence-corrected chi connectivity index (χ0v) is 11.8. The second-order valence-electron chi connectivity index (χ2n) is 5.74. The molecule has 1 fully saturated rings. The number of H-pyrrole nitrogens is 1. The lowest BCUT2D eigenvalue weighted by atomic mass is 9.92. The van der Waals surface area contributed by atoms with E-state index in [1.54, 1.807) is 0 Å². The van der Waals surface area contributed by atoms with Gasteiger partial charge in [0, 0.05) is 24.7 Å². The Morgan fingerprint density at radius 2 is 2.19 bits per heavy atom. The predicted octanol–water partition coefficient (Wildman–Crippen LogP) is 1.26. The van der Waals surface area contributed by atoms with Gasteiger partial charge in [0.05, 0.1) is 12.5 Å². The second-order valence-corrected chi connectivity index (χ2v) is 5.74. The zero-order valence-electron chi connectivity index (χ0n) is 11.8. The van der Waals surface area contributed by atoms with Gasteiger partial charge >= 0.3 is 0 Å². The summed E-state index contributed by atoms with van der Waals surface area (Å²) in [6.45, 7) is 2.48. The zero-order chi connectivity index (χ0) is 14.2. The standard InChI is InChI=1S/C15H19N5O/c16-10-5-7-20(9-10)15-17-14(18-19-15)12-6-8-21-13-4-2-1-3-11(12)13/h1-4,10,12H,5-9,16H2,(H,17,18,19). The first-order valence-corrected chi connectivity index (χ1v) is 7.46. The van der Waals surface area contributed by atoms with Crippen LogP contribution in [0, 0.1) is 0 Å². The van der Waals surface area contributed by atoms with E-state index in [-0.39, 0.29) is 12.0 Å². The van der Waals surface area contributed by atoms with E-state index in [0.29, 0.717) is 6.61 Å². The van der Waals surface area contributed by atoms with Gasteiger partial charge in [-0.1, -0.05) is 18.2 Å². The highest BCUT2D eigenvalue weighted by Gasteiger charge is 2.28. The van der Waals surface area contributed by atoms with Crippen LogP contribution in [-0.2, 0) is 0 Å². The lowest BCUT2D eigenvalue weighted by Gasteiger charge is -2.24. The molecule has 1 aromatic carbocycles. The van der Waals surface area contributed by atoms with Gasteiger partial charge in [-0.2, -0.15) is 4.98 Å². The highest BCUT2D eigenvalue weighted by atomic mass is 16.5. The Hall–Kier alpha value is -2.08. The Balaban J connectivity index is 1.62. The van der Waals surface area contributed by atoms with Gasteiger partial charge in [-0.3, -0.25) is 5.10 Å². The maximum atomic E-state index is 5.95. The van der Waals surface area contributed by atoms with Crippen LogP contribution in [0.2, 0.25) is 0 Å². The summed E-state index contributed by atoms with van der Waals surface area (Å²) < 4.78 is 5.71. The summed E-state index contributed by atoms with van der Waals surface area (Å²) in [4.78, 5) is 6.85. The minimum atomic E-state index is 0.229. The van der Waals surface area contributed by atoms with Crippen molar-refractivity contribution in [2.24, 2.45) is 5.73 Å². The summed E-state index contributed by atoms with van der Waals surface area (Å²) in [5, 5.41) is 7.48. The van der Waals surface area contributed by atoms with Crippen LogP contribution < -0.4 is 15.4 Å². The van der Waals surface area contributed by atoms with E-state index in [2.05, 4.69) is 21.2 Å². The average molecular weight is 285 g/mol. The van der Waals surface area contributed by atoms with Gasteiger partial charge in [-0.15, -0.1) is 5.10 Å². The second kappa shape index (κ2) is 5.04. The molecule has 1 aromatic heterocycles. The van der Waals surface area contributed by atoms with Crippen molar-refractivity contribution in [3.05, 3.63) is 35.7 Å². The summed E-state index contributed by atoms with van der Waals surface area (Å²) in [5.41, 5.74) is 7.14. The molecule has 2 aliphatic rings. The van der Waals surface area contributed by atoms with E-state index < -0.39 is 0 Å². The van der Waals surface area contributed by atoms with Gasteiger partial charge in [0.15, 0.2) is 0 Å². The van der Waals surface area contributed by atoms with Gasteiger partial charge in [0.1, 0.15) is 11.6 Å². The van der Waals surface area contributed by atoms with Crippen LogP contribution in [0.4, 0.5) is 5.95 Å². The molecule has 4 rings (SSSR count). The third-order valence-electron chi connectivity index (χ3n) is 4.29. The Labute approximate surface area is 123 Å².